The van der Waals surface area contributed by atoms with Crippen LogP contribution in [0, 0.1) is 0 Å². The zero-order chi connectivity index (χ0) is 16.1. The lowest BCUT2D eigenvalue weighted by molar-refractivity contribution is -0.204. The second-order valence-corrected chi connectivity index (χ2v) is 6.67. The van der Waals surface area contributed by atoms with Crippen LogP contribution >= 0.6 is 7.60 Å². The molecule has 0 aliphatic carbocycles. The Labute approximate surface area is 122 Å². The Bertz CT molecular complexity index is 816. The highest BCUT2D eigenvalue weighted by Crippen LogP contribution is 2.45. The van der Waals surface area contributed by atoms with Crippen LogP contribution in [0.5, 0.6) is 0 Å². The maximum Gasteiger partial charge on any atom is 0.280 e. The number of nitrogen functional groups attached to an aromatic ring is 1. The fourth-order valence-corrected chi connectivity index (χ4v) is 3.13. The van der Waals surface area contributed by atoms with Crippen molar-refractivity contribution in [2.45, 2.75) is 31.1 Å². The third kappa shape index (κ3) is 2.63. The molecule has 2 aromatic rings. The fourth-order valence-electron chi connectivity index (χ4n) is 2.35. The number of alkyl halides is 1. The van der Waals surface area contributed by atoms with Crippen molar-refractivity contribution in [2.75, 3.05) is 5.73 Å². The molecule has 3 rings (SSSR count). The van der Waals surface area contributed by atoms with E-state index in [0.717, 1.165) is 0 Å². The van der Waals surface area contributed by atoms with E-state index in [-0.39, 0.29) is 23.7 Å². The summed E-state index contributed by atoms with van der Waals surface area (Å²) in [5.41, 5.74) is 5.06. The zero-order valence-electron chi connectivity index (χ0n) is 11.0. The van der Waals surface area contributed by atoms with Crippen molar-refractivity contribution in [3.05, 3.63) is 16.7 Å². The molecule has 0 radical (unpaired) electrons. The molecule has 4 atom stereocenters. The van der Waals surface area contributed by atoms with Gasteiger partial charge in [-0.2, -0.15) is 4.98 Å². The standard InChI is InChI=1S/C10H13FN5O5P/c11-4-1-6(22(18,19)20)21-5(4)2-16-3-13-7-8(16)14-10(12)15-9(7)17/h3-6H,1-2H2,(H2,18,19,20)(H3,12,14,15,17)/p-1. The Morgan fingerprint density at radius 3 is 3.05 bits per heavy atom. The van der Waals surface area contributed by atoms with E-state index in [1.807, 2.05) is 0 Å². The quantitative estimate of drug-likeness (QED) is 0.585. The average molecular weight is 332 g/mol. The molecule has 1 saturated heterocycles. The largest absolute Gasteiger partial charge is 0.777 e. The molecule has 1 aliphatic heterocycles. The second-order valence-electron chi connectivity index (χ2n) is 4.97. The highest BCUT2D eigenvalue weighted by molar-refractivity contribution is 7.50. The minimum atomic E-state index is -4.77. The summed E-state index contributed by atoms with van der Waals surface area (Å²) < 4.78 is 31.3. The summed E-state index contributed by atoms with van der Waals surface area (Å²) in [6, 6.07) is 0. The molecule has 0 bridgehead atoms. The smallest absolute Gasteiger partial charge is 0.280 e. The summed E-state index contributed by atoms with van der Waals surface area (Å²) in [5.74, 6) is -1.70. The fraction of sp³-hybridized carbons (Fsp3) is 0.500. The van der Waals surface area contributed by atoms with E-state index in [2.05, 4.69) is 15.0 Å². The van der Waals surface area contributed by atoms with Crippen LogP contribution in [0.4, 0.5) is 10.3 Å². The van der Waals surface area contributed by atoms with Gasteiger partial charge in [-0.05, 0) is 0 Å². The van der Waals surface area contributed by atoms with Gasteiger partial charge in [0.25, 0.3) is 5.56 Å². The van der Waals surface area contributed by atoms with Crippen LogP contribution in [0.3, 0.4) is 0 Å². The lowest BCUT2D eigenvalue weighted by Crippen LogP contribution is -2.24. The monoisotopic (exact) mass is 332 g/mol. The number of halogens is 1. The Morgan fingerprint density at radius 1 is 1.68 bits per heavy atom. The van der Waals surface area contributed by atoms with Gasteiger partial charge < -0.3 is 29.4 Å². The molecule has 120 valence electrons. The molecule has 22 heavy (non-hydrogen) atoms. The number of anilines is 1. The summed E-state index contributed by atoms with van der Waals surface area (Å²) in [6.45, 7) is -0.121. The number of rotatable bonds is 3. The Hall–Kier alpha value is -1.81. The van der Waals surface area contributed by atoms with E-state index in [1.165, 1.54) is 10.9 Å². The summed E-state index contributed by atoms with van der Waals surface area (Å²) in [4.78, 5) is 41.6. The van der Waals surface area contributed by atoms with E-state index in [0.29, 0.717) is 0 Å². The first-order valence-electron chi connectivity index (χ1n) is 6.29. The second kappa shape index (κ2) is 5.13. The average Bonchev–Trinajstić information content (AvgIpc) is 2.95. The third-order valence-electron chi connectivity index (χ3n) is 3.40. The number of hydrogen-bond donors (Lipinski definition) is 3. The number of ether oxygens (including phenoxy) is 1. The van der Waals surface area contributed by atoms with E-state index >= 15 is 0 Å². The van der Waals surface area contributed by atoms with E-state index in [4.69, 9.17) is 15.4 Å². The molecule has 3 heterocycles. The predicted octanol–water partition coefficient (Wildman–Crippen LogP) is -1.30. The zero-order valence-corrected chi connectivity index (χ0v) is 11.9. The molecule has 0 aromatic carbocycles. The molecule has 0 amide bonds. The molecule has 2 aromatic heterocycles. The molecule has 0 saturated carbocycles. The summed E-state index contributed by atoms with van der Waals surface area (Å²) in [7, 11) is -4.77. The number of H-pyrrole nitrogens is 1. The molecular formula is C10H12FN5O5P-. The maximum atomic E-state index is 13.9. The highest BCUT2D eigenvalue weighted by Gasteiger charge is 2.40. The maximum absolute atomic E-state index is 13.9. The van der Waals surface area contributed by atoms with Crippen molar-refractivity contribution in [2.24, 2.45) is 0 Å². The van der Waals surface area contributed by atoms with Gasteiger partial charge in [0.1, 0.15) is 18.1 Å². The number of nitrogens with zero attached hydrogens (tertiary/aromatic N) is 3. The van der Waals surface area contributed by atoms with Gasteiger partial charge in [-0.25, -0.2) is 9.37 Å². The van der Waals surface area contributed by atoms with Gasteiger partial charge >= 0.3 is 0 Å². The Balaban J connectivity index is 1.88. The first-order chi connectivity index (χ1) is 10.3. The minimum absolute atomic E-state index is 0.0239. The Kier molecular flexibility index (Phi) is 3.52. The van der Waals surface area contributed by atoms with Crippen molar-refractivity contribution in [1.82, 2.24) is 19.5 Å². The summed E-state index contributed by atoms with van der Waals surface area (Å²) in [6.07, 6.45) is -1.90. The first kappa shape index (κ1) is 15.1. The van der Waals surface area contributed by atoms with Crippen LogP contribution in [0.2, 0.25) is 0 Å². The minimum Gasteiger partial charge on any atom is -0.777 e. The van der Waals surface area contributed by atoms with Crippen LogP contribution in [0.25, 0.3) is 11.2 Å². The van der Waals surface area contributed by atoms with Gasteiger partial charge in [-0.3, -0.25) is 9.78 Å². The van der Waals surface area contributed by atoms with E-state index < -0.39 is 37.7 Å². The lowest BCUT2D eigenvalue weighted by Gasteiger charge is -2.23. The van der Waals surface area contributed by atoms with Crippen LogP contribution in [-0.2, 0) is 15.8 Å². The van der Waals surface area contributed by atoms with Crippen LogP contribution < -0.4 is 16.2 Å². The van der Waals surface area contributed by atoms with Gasteiger partial charge in [0.05, 0.1) is 12.9 Å². The number of nitrogens with one attached hydrogen (secondary N) is 1. The number of hydrogen-bond acceptors (Lipinski definition) is 7. The molecule has 12 heteroatoms. The molecule has 1 fully saturated rings. The molecule has 4 N–H and O–H groups in total. The number of nitrogens with two attached hydrogens (primary N) is 1. The van der Waals surface area contributed by atoms with E-state index in [1.54, 1.807) is 0 Å². The van der Waals surface area contributed by atoms with Crippen molar-refractivity contribution < 1.29 is 23.5 Å². The van der Waals surface area contributed by atoms with Gasteiger partial charge in [0.2, 0.25) is 5.95 Å². The van der Waals surface area contributed by atoms with Gasteiger partial charge in [0, 0.05) is 6.42 Å². The topological polar surface area (TPSA) is 159 Å². The molecule has 1 aliphatic rings. The molecular weight excluding hydrogens is 320 g/mol. The van der Waals surface area contributed by atoms with Gasteiger partial charge in [-0.15, -0.1) is 0 Å². The normalized spacial score (nSPS) is 28.0. The van der Waals surface area contributed by atoms with E-state index in [9.17, 15) is 18.6 Å². The SMILES string of the molecule is Nc1nc2c(ncn2CC2OC(P(=O)([O-])O)CC2F)c(=O)[nH]1. The number of imidazole rings is 1. The predicted molar refractivity (Wildman–Crippen MR) is 70.6 cm³/mol. The van der Waals surface area contributed by atoms with Gasteiger partial charge in [0.15, 0.2) is 18.8 Å². The summed E-state index contributed by atoms with van der Waals surface area (Å²) >= 11 is 0. The van der Waals surface area contributed by atoms with Crippen LogP contribution in [-0.4, -0.2) is 42.5 Å². The number of aromatic nitrogens is 4. The first-order valence-corrected chi connectivity index (χ1v) is 7.94. The third-order valence-corrected chi connectivity index (χ3v) is 4.46. The van der Waals surface area contributed by atoms with Crippen molar-refractivity contribution in [1.29, 1.82) is 0 Å². The molecule has 0 spiro atoms. The molecule has 10 nitrogen and oxygen atoms in total. The Morgan fingerprint density at radius 2 is 2.41 bits per heavy atom. The number of aromatic amines is 1. The van der Waals surface area contributed by atoms with Gasteiger partial charge in [-0.1, -0.05) is 0 Å². The lowest BCUT2D eigenvalue weighted by atomic mass is 10.2. The highest BCUT2D eigenvalue weighted by atomic mass is 31.2. The van der Waals surface area contributed by atoms with Crippen LogP contribution in [0.15, 0.2) is 11.1 Å². The van der Waals surface area contributed by atoms with Crippen LogP contribution in [0.1, 0.15) is 6.42 Å². The summed E-state index contributed by atoms with van der Waals surface area (Å²) in [5, 5.41) is 0. The van der Waals surface area contributed by atoms with Crippen molar-refractivity contribution >= 4 is 24.7 Å². The van der Waals surface area contributed by atoms with Crippen molar-refractivity contribution in [3.63, 3.8) is 0 Å². The molecule has 4 unspecified atom stereocenters. The van der Waals surface area contributed by atoms with Crippen molar-refractivity contribution in [3.8, 4) is 0 Å². The number of fused-ring (bicyclic) bond motifs is 1.